The molecule has 4 rings (SSSR count). The highest BCUT2D eigenvalue weighted by atomic mass is 35.5. The van der Waals surface area contributed by atoms with Crippen LogP contribution < -0.4 is 14.8 Å². The summed E-state index contributed by atoms with van der Waals surface area (Å²) in [4.78, 5) is 31.4. The second-order valence-corrected chi connectivity index (χ2v) is 7.50. The minimum atomic E-state index is -0.575. The van der Waals surface area contributed by atoms with Crippen molar-refractivity contribution in [1.82, 2.24) is 9.97 Å². The minimum absolute atomic E-state index is 0.0467. The molecule has 0 unspecified atom stereocenters. The molecular weight excluding hydrogens is 460 g/mol. The number of benzene rings is 3. The third-order valence-electron chi connectivity index (χ3n) is 4.66. The highest BCUT2D eigenvalue weighted by Crippen LogP contribution is 2.33. The van der Waals surface area contributed by atoms with Crippen molar-refractivity contribution in [3.8, 4) is 23.3 Å². The monoisotopic (exact) mass is 476 g/mol. The lowest BCUT2D eigenvalue weighted by molar-refractivity contribution is -0.385. The van der Waals surface area contributed by atoms with E-state index in [1.54, 1.807) is 60.9 Å². The van der Waals surface area contributed by atoms with Gasteiger partial charge in [0.25, 0.3) is 5.91 Å². The van der Waals surface area contributed by atoms with Gasteiger partial charge < -0.3 is 14.8 Å². The fraction of sp³-hybridized carbons (Fsp3) is 0.0417. The Kier molecular flexibility index (Phi) is 6.65. The molecule has 0 aliphatic rings. The number of amides is 1. The summed E-state index contributed by atoms with van der Waals surface area (Å²) < 4.78 is 11.2. The number of rotatable bonds is 7. The van der Waals surface area contributed by atoms with Crippen LogP contribution in [0.15, 0.2) is 79.1 Å². The van der Waals surface area contributed by atoms with E-state index in [0.29, 0.717) is 22.7 Å². The van der Waals surface area contributed by atoms with E-state index in [4.69, 9.17) is 21.1 Å². The number of hydrogen-bond donors (Lipinski definition) is 1. The summed E-state index contributed by atoms with van der Waals surface area (Å²) >= 11 is 5.83. The zero-order valence-corrected chi connectivity index (χ0v) is 18.5. The first-order valence-corrected chi connectivity index (χ1v) is 10.4. The number of halogens is 1. The minimum Gasteiger partial charge on any atom is -0.450 e. The summed E-state index contributed by atoms with van der Waals surface area (Å²) in [5.41, 5.74) is 1.53. The number of ether oxygens (including phenoxy) is 2. The molecule has 0 aliphatic heterocycles. The van der Waals surface area contributed by atoms with Gasteiger partial charge in [-0.05, 0) is 73.2 Å². The molecule has 0 saturated heterocycles. The quantitative estimate of drug-likeness (QED) is 0.250. The van der Waals surface area contributed by atoms with Crippen LogP contribution in [0.25, 0.3) is 0 Å². The van der Waals surface area contributed by atoms with Gasteiger partial charge in [0, 0.05) is 34.7 Å². The third-order valence-corrected chi connectivity index (χ3v) is 4.89. The van der Waals surface area contributed by atoms with Crippen molar-refractivity contribution >= 4 is 28.9 Å². The van der Waals surface area contributed by atoms with Gasteiger partial charge in [0.2, 0.25) is 5.75 Å². The van der Waals surface area contributed by atoms with Crippen LogP contribution in [0.2, 0.25) is 5.02 Å². The third kappa shape index (κ3) is 5.45. The van der Waals surface area contributed by atoms with Crippen LogP contribution in [0.3, 0.4) is 0 Å². The normalized spacial score (nSPS) is 10.4. The number of carbonyl (C=O) groups is 1. The Morgan fingerprint density at radius 2 is 1.68 bits per heavy atom. The SMILES string of the molecule is Cc1cc(Oc2ncccn2)ccc1NC(=O)c1ccc(Oc2ccc(Cl)cc2[N+](=O)[O-])cc1. The lowest BCUT2D eigenvalue weighted by atomic mass is 10.1. The van der Waals surface area contributed by atoms with Gasteiger partial charge in [-0.25, -0.2) is 9.97 Å². The molecule has 0 saturated carbocycles. The molecule has 0 bridgehead atoms. The predicted molar refractivity (Wildman–Crippen MR) is 126 cm³/mol. The van der Waals surface area contributed by atoms with E-state index in [-0.39, 0.29) is 28.4 Å². The summed E-state index contributed by atoms with van der Waals surface area (Å²) in [5, 5.41) is 14.3. The number of aryl methyl sites for hydroxylation is 1. The van der Waals surface area contributed by atoms with Crippen LogP contribution in [0.4, 0.5) is 11.4 Å². The number of carbonyl (C=O) groups excluding carboxylic acids is 1. The number of nitro benzene ring substituents is 1. The maximum Gasteiger partial charge on any atom is 0.321 e. The molecule has 10 heteroatoms. The fourth-order valence-electron chi connectivity index (χ4n) is 3.00. The largest absolute Gasteiger partial charge is 0.450 e. The van der Waals surface area contributed by atoms with Crippen LogP contribution >= 0.6 is 11.6 Å². The van der Waals surface area contributed by atoms with Gasteiger partial charge in [-0.15, -0.1) is 0 Å². The first-order chi connectivity index (χ1) is 16.4. The number of aromatic nitrogens is 2. The number of anilines is 1. The van der Waals surface area contributed by atoms with Crippen molar-refractivity contribution < 1.29 is 19.2 Å². The number of nitro groups is 1. The molecule has 4 aromatic rings. The number of nitrogens with zero attached hydrogens (tertiary/aromatic N) is 3. The van der Waals surface area contributed by atoms with Crippen molar-refractivity contribution in [3.05, 3.63) is 105 Å². The standard InChI is InChI=1S/C24H17ClN4O5/c1-15-13-19(34-24-26-11-2-12-27-24)8-9-20(15)28-23(30)16-3-6-18(7-4-16)33-22-10-5-17(25)14-21(22)29(31)32/h2-14H,1H3,(H,28,30). The molecule has 1 aromatic heterocycles. The molecule has 34 heavy (non-hydrogen) atoms. The van der Waals surface area contributed by atoms with Crippen molar-refractivity contribution in [2.24, 2.45) is 0 Å². The van der Waals surface area contributed by atoms with Crippen LogP contribution in [0.5, 0.6) is 23.3 Å². The second-order valence-electron chi connectivity index (χ2n) is 7.06. The van der Waals surface area contributed by atoms with Gasteiger partial charge in [0.05, 0.1) is 4.92 Å². The van der Waals surface area contributed by atoms with E-state index in [1.165, 1.54) is 18.2 Å². The average Bonchev–Trinajstić information content (AvgIpc) is 2.83. The van der Waals surface area contributed by atoms with Gasteiger partial charge in [-0.3, -0.25) is 14.9 Å². The smallest absolute Gasteiger partial charge is 0.321 e. The first-order valence-electron chi connectivity index (χ1n) is 9.98. The average molecular weight is 477 g/mol. The lowest BCUT2D eigenvalue weighted by Crippen LogP contribution is -2.12. The summed E-state index contributed by atoms with van der Waals surface area (Å²) in [7, 11) is 0. The molecule has 0 atom stereocenters. The molecule has 0 fully saturated rings. The topological polar surface area (TPSA) is 116 Å². The number of hydrogen-bond acceptors (Lipinski definition) is 7. The fourth-order valence-corrected chi connectivity index (χ4v) is 3.17. The van der Waals surface area contributed by atoms with Gasteiger partial charge >= 0.3 is 11.7 Å². The Morgan fingerprint density at radius 3 is 2.35 bits per heavy atom. The molecule has 1 N–H and O–H groups in total. The molecule has 1 heterocycles. The van der Waals surface area contributed by atoms with E-state index in [2.05, 4.69) is 15.3 Å². The zero-order valence-electron chi connectivity index (χ0n) is 17.8. The van der Waals surface area contributed by atoms with Crippen molar-refractivity contribution in [2.45, 2.75) is 6.92 Å². The van der Waals surface area contributed by atoms with Crippen LogP contribution in [0, 0.1) is 17.0 Å². The Balaban J connectivity index is 1.43. The van der Waals surface area contributed by atoms with Gasteiger partial charge in [-0.2, -0.15) is 0 Å². The van der Waals surface area contributed by atoms with Gasteiger partial charge in [0.15, 0.2) is 0 Å². The highest BCUT2D eigenvalue weighted by Gasteiger charge is 2.17. The first kappa shape index (κ1) is 22.7. The van der Waals surface area contributed by atoms with Gasteiger partial charge in [-0.1, -0.05) is 11.6 Å². The summed E-state index contributed by atoms with van der Waals surface area (Å²) in [5.74, 6) is 0.597. The van der Waals surface area contributed by atoms with Crippen molar-refractivity contribution in [1.29, 1.82) is 0 Å². The maximum absolute atomic E-state index is 12.7. The Labute approximate surface area is 199 Å². The Morgan fingerprint density at radius 1 is 0.971 bits per heavy atom. The molecule has 0 radical (unpaired) electrons. The van der Waals surface area contributed by atoms with Crippen LogP contribution in [-0.2, 0) is 0 Å². The molecule has 9 nitrogen and oxygen atoms in total. The predicted octanol–water partition coefficient (Wildman–Crippen LogP) is 6.18. The highest BCUT2D eigenvalue weighted by molar-refractivity contribution is 6.30. The molecule has 0 aliphatic carbocycles. The van der Waals surface area contributed by atoms with Crippen LogP contribution in [-0.4, -0.2) is 20.8 Å². The van der Waals surface area contributed by atoms with E-state index in [9.17, 15) is 14.9 Å². The molecule has 3 aromatic carbocycles. The summed E-state index contributed by atoms with van der Waals surface area (Å²) in [6.45, 7) is 1.84. The Hall–Kier alpha value is -4.50. The molecule has 0 spiro atoms. The van der Waals surface area contributed by atoms with Gasteiger partial charge in [0.1, 0.15) is 11.5 Å². The molecule has 170 valence electrons. The van der Waals surface area contributed by atoms with Crippen LogP contribution in [0.1, 0.15) is 15.9 Å². The molecular formula is C24H17ClN4O5. The zero-order chi connectivity index (χ0) is 24.1. The van der Waals surface area contributed by atoms with Crippen molar-refractivity contribution in [2.75, 3.05) is 5.32 Å². The summed E-state index contributed by atoms with van der Waals surface area (Å²) in [6.07, 6.45) is 3.16. The lowest BCUT2D eigenvalue weighted by Gasteiger charge is -2.11. The van der Waals surface area contributed by atoms with E-state index in [0.717, 1.165) is 5.56 Å². The Bertz CT molecular complexity index is 1350. The maximum atomic E-state index is 12.7. The number of nitrogens with one attached hydrogen (secondary N) is 1. The molecule has 1 amide bonds. The van der Waals surface area contributed by atoms with Crippen molar-refractivity contribution in [3.63, 3.8) is 0 Å². The van der Waals surface area contributed by atoms with E-state index in [1.807, 2.05) is 6.92 Å². The summed E-state index contributed by atoms with van der Waals surface area (Å²) in [6, 6.07) is 17.5. The van der Waals surface area contributed by atoms with E-state index < -0.39 is 4.92 Å². The second kappa shape index (κ2) is 9.97. The van der Waals surface area contributed by atoms with E-state index >= 15 is 0 Å².